The van der Waals surface area contributed by atoms with Crippen molar-refractivity contribution in [1.29, 1.82) is 0 Å². The average Bonchev–Trinajstić information content (AvgIpc) is 2.62. The van der Waals surface area contributed by atoms with E-state index in [1.807, 2.05) is 0 Å². The fourth-order valence-electron chi connectivity index (χ4n) is 0.985. The number of hydrogen-bond donors (Lipinski definition) is 0. The summed E-state index contributed by atoms with van der Waals surface area (Å²) in [5.74, 6) is 0. The molecule has 1 fully saturated rings. The predicted molar refractivity (Wildman–Crippen MR) is 33.1 cm³/mol. The predicted octanol–water partition coefficient (Wildman–Crippen LogP) is 0.304. The van der Waals surface area contributed by atoms with Gasteiger partial charge in [0, 0.05) is 0 Å². The van der Waals surface area contributed by atoms with E-state index in [1.165, 1.54) is 12.8 Å². The van der Waals surface area contributed by atoms with E-state index in [2.05, 4.69) is 6.92 Å². The topological polar surface area (TPSA) is 35.6 Å². The minimum absolute atomic E-state index is 0.0472. The molecule has 0 bridgehead atoms. The molecule has 1 aliphatic heterocycles. The first-order valence-electron chi connectivity index (χ1n) is 3.62. The van der Waals surface area contributed by atoms with Gasteiger partial charge in [0.05, 0.1) is 12.2 Å². The molecule has 0 aromatic rings. The second kappa shape index (κ2) is 3.18. The van der Waals surface area contributed by atoms with Crippen molar-refractivity contribution in [2.45, 2.75) is 38.4 Å². The van der Waals surface area contributed by atoms with E-state index in [9.17, 15) is 5.11 Å². The van der Waals surface area contributed by atoms with Crippen LogP contribution in [0.25, 0.3) is 0 Å². The molecule has 1 rings (SSSR count). The van der Waals surface area contributed by atoms with Crippen LogP contribution in [0.1, 0.15) is 26.2 Å². The van der Waals surface area contributed by atoms with E-state index in [4.69, 9.17) is 4.74 Å². The highest BCUT2D eigenvalue weighted by atomic mass is 16.6. The summed E-state index contributed by atoms with van der Waals surface area (Å²) >= 11 is 0. The molecular weight excluding hydrogens is 116 g/mol. The van der Waals surface area contributed by atoms with E-state index >= 15 is 0 Å². The molecule has 0 N–H and O–H groups in total. The van der Waals surface area contributed by atoms with Crippen LogP contribution in [0.3, 0.4) is 0 Å². The van der Waals surface area contributed by atoms with Crippen molar-refractivity contribution in [2.75, 3.05) is 6.61 Å². The second-order valence-corrected chi connectivity index (χ2v) is 2.52. The lowest BCUT2D eigenvalue weighted by molar-refractivity contribution is -0.370. The van der Waals surface area contributed by atoms with Gasteiger partial charge in [-0.1, -0.05) is 19.8 Å². The Hall–Kier alpha value is -0.0800. The Balaban J connectivity index is 1.92. The van der Waals surface area contributed by atoms with Crippen molar-refractivity contribution in [3.8, 4) is 0 Å². The second-order valence-electron chi connectivity index (χ2n) is 2.52. The molecule has 2 heteroatoms. The first-order valence-corrected chi connectivity index (χ1v) is 3.62. The minimum atomic E-state index is -0.0472. The van der Waals surface area contributed by atoms with Crippen LogP contribution < -0.4 is 5.11 Å². The highest BCUT2D eigenvalue weighted by Gasteiger charge is 2.33. The minimum Gasteiger partial charge on any atom is -0.853 e. The molecule has 0 saturated carbocycles. The standard InChI is InChI=1S/C7H13O2/c1-2-3-4-6-7(5-8)9-6/h6-7H,2-5H2,1H3/q-1. The monoisotopic (exact) mass is 129 g/mol. The molecule has 0 aromatic heterocycles. The SMILES string of the molecule is CCCCC1OC1C[O-]. The summed E-state index contributed by atoms with van der Waals surface area (Å²) < 4.78 is 5.06. The smallest absolute Gasteiger partial charge is 0.0827 e. The highest BCUT2D eigenvalue weighted by Crippen LogP contribution is 2.25. The molecule has 9 heavy (non-hydrogen) atoms. The van der Waals surface area contributed by atoms with Gasteiger partial charge in [-0.15, -0.1) is 6.61 Å². The van der Waals surface area contributed by atoms with Crippen LogP contribution >= 0.6 is 0 Å². The molecule has 0 amide bonds. The lowest BCUT2D eigenvalue weighted by Gasteiger charge is -1.95. The third kappa shape index (κ3) is 1.95. The third-order valence-electron chi connectivity index (χ3n) is 1.69. The summed E-state index contributed by atoms with van der Waals surface area (Å²) in [5, 5.41) is 10.1. The van der Waals surface area contributed by atoms with Crippen LogP contribution in [0.2, 0.25) is 0 Å². The zero-order valence-corrected chi connectivity index (χ0v) is 5.80. The first-order chi connectivity index (χ1) is 4.38. The number of unbranched alkanes of at least 4 members (excludes halogenated alkanes) is 1. The van der Waals surface area contributed by atoms with Gasteiger partial charge < -0.3 is 9.84 Å². The Morgan fingerprint density at radius 2 is 2.22 bits per heavy atom. The average molecular weight is 129 g/mol. The fourth-order valence-corrected chi connectivity index (χ4v) is 0.985. The third-order valence-corrected chi connectivity index (χ3v) is 1.69. The van der Waals surface area contributed by atoms with Gasteiger partial charge in [0.2, 0.25) is 0 Å². The maximum atomic E-state index is 10.1. The van der Waals surface area contributed by atoms with E-state index in [0.717, 1.165) is 6.42 Å². The Morgan fingerprint density at radius 3 is 2.67 bits per heavy atom. The van der Waals surface area contributed by atoms with Crippen molar-refractivity contribution in [3.05, 3.63) is 0 Å². The van der Waals surface area contributed by atoms with Gasteiger partial charge in [0.25, 0.3) is 0 Å². The van der Waals surface area contributed by atoms with Gasteiger partial charge >= 0.3 is 0 Å². The molecule has 0 aromatic carbocycles. The summed E-state index contributed by atoms with van der Waals surface area (Å²) in [4.78, 5) is 0. The van der Waals surface area contributed by atoms with Crippen LogP contribution in [0.4, 0.5) is 0 Å². The van der Waals surface area contributed by atoms with Gasteiger partial charge in [-0.05, 0) is 6.42 Å². The molecule has 54 valence electrons. The van der Waals surface area contributed by atoms with E-state index in [-0.39, 0.29) is 12.7 Å². The van der Waals surface area contributed by atoms with Crippen molar-refractivity contribution in [1.82, 2.24) is 0 Å². The Labute approximate surface area is 55.8 Å². The number of ether oxygens (including phenoxy) is 1. The zero-order valence-electron chi connectivity index (χ0n) is 5.80. The van der Waals surface area contributed by atoms with Crippen LogP contribution in [-0.4, -0.2) is 18.8 Å². The Morgan fingerprint density at radius 1 is 1.44 bits per heavy atom. The van der Waals surface area contributed by atoms with Gasteiger partial charge in [-0.25, -0.2) is 0 Å². The molecule has 0 radical (unpaired) electrons. The summed E-state index contributed by atoms with van der Waals surface area (Å²) in [5.41, 5.74) is 0. The number of epoxide rings is 1. The van der Waals surface area contributed by atoms with Crippen LogP contribution in [-0.2, 0) is 4.74 Å². The van der Waals surface area contributed by atoms with Gasteiger partial charge in [0.15, 0.2) is 0 Å². The summed E-state index contributed by atoms with van der Waals surface area (Å²) in [7, 11) is 0. The van der Waals surface area contributed by atoms with Crippen molar-refractivity contribution < 1.29 is 9.84 Å². The zero-order chi connectivity index (χ0) is 6.69. The van der Waals surface area contributed by atoms with Crippen molar-refractivity contribution in [2.24, 2.45) is 0 Å². The summed E-state index contributed by atoms with van der Waals surface area (Å²) in [6.45, 7) is 2.10. The van der Waals surface area contributed by atoms with Crippen molar-refractivity contribution >= 4 is 0 Å². The summed E-state index contributed by atoms with van der Waals surface area (Å²) in [6, 6.07) is 0. The summed E-state index contributed by atoms with van der Waals surface area (Å²) in [6.07, 6.45) is 3.87. The highest BCUT2D eigenvalue weighted by molar-refractivity contribution is 4.82. The molecule has 2 unspecified atom stereocenters. The maximum absolute atomic E-state index is 10.1. The normalized spacial score (nSPS) is 32.7. The molecule has 0 spiro atoms. The van der Waals surface area contributed by atoms with Gasteiger partial charge in [-0.2, -0.15) is 0 Å². The van der Waals surface area contributed by atoms with E-state index in [1.54, 1.807) is 0 Å². The van der Waals surface area contributed by atoms with Crippen LogP contribution in [0, 0.1) is 0 Å². The molecule has 1 heterocycles. The van der Waals surface area contributed by atoms with E-state index < -0.39 is 0 Å². The molecule has 2 atom stereocenters. The van der Waals surface area contributed by atoms with Gasteiger partial charge in [-0.3, -0.25) is 0 Å². The maximum Gasteiger partial charge on any atom is 0.0827 e. The lowest BCUT2D eigenvalue weighted by atomic mass is 10.2. The number of rotatable bonds is 4. The molecule has 1 aliphatic rings. The molecule has 1 saturated heterocycles. The fraction of sp³-hybridized carbons (Fsp3) is 1.00. The molecule has 2 nitrogen and oxygen atoms in total. The van der Waals surface area contributed by atoms with E-state index in [0.29, 0.717) is 6.10 Å². The Bertz CT molecular complexity index is 83.0. The van der Waals surface area contributed by atoms with Crippen molar-refractivity contribution in [3.63, 3.8) is 0 Å². The molecular formula is C7H13O2-. The lowest BCUT2D eigenvalue weighted by Crippen LogP contribution is -2.14. The largest absolute Gasteiger partial charge is 0.853 e. The van der Waals surface area contributed by atoms with Crippen LogP contribution in [0.5, 0.6) is 0 Å². The van der Waals surface area contributed by atoms with Gasteiger partial charge in [0.1, 0.15) is 0 Å². The Kier molecular flexibility index (Phi) is 2.49. The first kappa shape index (κ1) is 7.03. The van der Waals surface area contributed by atoms with Crippen LogP contribution in [0.15, 0.2) is 0 Å². The number of hydrogen-bond acceptors (Lipinski definition) is 2. The molecule has 0 aliphatic carbocycles. The quantitative estimate of drug-likeness (QED) is 0.512.